The van der Waals surface area contributed by atoms with Crippen molar-refractivity contribution in [3.8, 4) is 5.75 Å². The van der Waals surface area contributed by atoms with Crippen molar-refractivity contribution >= 4 is 17.4 Å². The van der Waals surface area contributed by atoms with Crippen molar-refractivity contribution in [3.05, 3.63) is 70.5 Å². The van der Waals surface area contributed by atoms with Crippen LogP contribution in [0.3, 0.4) is 0 Å². The summed E-state index contributed by atoms with van der Waals surface area (Å²) in [7, 11) is 3.86. The van der Waals surface area contributed by atoms with E-state index >= 15 is 0 Å². The molecule has 2 aromatic rings. The standard InChI is InChI=1S/C26H31FN2O4/c1-16(2)33-21-12-9-19(15-17(21)3)24(30)22-23(18-7-10-20(27)11-8-18)29(26(32)25(22)31)14-6-13-28(4)5/h7-12,15-16,23,30H,6,13-14H2,1-5H3/t23-/m1/s1. The first-order valence-corrected chi connectivity index (χ1v) is 11.1. The second-order valence-corrected chi connectivity index (χ2v) is 8.85. The molecule has 33 heavy (non-hydrogen) atoms. The van der Waals surface area contributed by atoms with Gasteiger partial charge in [0.2, 0.25) is 0 Å². The maximum atomic E-state index is 13.6. The molecule has 1 aliphatic rings. The molecule has 1 heterocycles. The Hall–Kier alpha value is -3.19. The van der Waals surface area contributed by atoms with E-state index in [0.717, 1.165) is 12.1 Å². The largest absolute Gasteiger partial charge is 0.507 e. The molecule has 2 aromatic carbocycles. The second-order valence-electron chi connectivity index (χ2n) is 8.85. The average Bonchev–Trinajstić information content (AvgIpc) is 2.99. The molecule has 1 atom stereocenters. The number of aliphatic hydroxyl groups is 1. The fourth-order valence-corrected chi connectivity index (χ4v) is 4.00. The summed E-state index contributed by atoms with van der Waals surface area (Å²) >= 11 is 0. The molecule has 0 radical (unpaired) electrons. The zero-order valence-electron chi connectivity index (χ0n) is 19.8. The first-order valence-electron chi connectivity index (χ1n) is 11.1. The molecule has 0 unspecified atom stereocenters. The minimum atomic E-state index is -0.792. The highest BCUT2D eigenvalue weighted by molar-refractivity contribution is 6.46. The first kappa shape index (κ1) is 24.5. The molecular weight excluding hydrogens is 423 g/mol. The number of aryl methyl sites for hydroxylation is 1. The predicted octanol–water partition coefficient (Wildman–Crippen LogP) is 4.29. The number of Topliss-reactive ketones (excluding diaryl/α,β-unsaturated/α-hetero) is 1. The number of aliphatic hydroxyl groups excluding tert-OH is 1. The Labute approximate surface area is 194 Å². The van der Waals surface area contributed by atoms with Crippen LogP contribution >= 0.6 is 0 Å². The summed E-state index contributed by atoms with van der Waals surface area (Å²) in [5, 5.41) is 11.2. The molecule has 1 N–H and O–H groups in total. The molecular formula is C26H31FN2O4. The van der Waals surface area contributed by atoms with Gasteiger partial charge >= 0.3 is 0 Å². The monoisotopic (exact) mass is 454 g/mol. The minimum Gasteiger partial charge on any atom is -0.507 e. The summed E-state index contributed by atoms with van der Waals surface area (Å²) < 4.78 is 19.3. The van der Waals surface area contributed by atoms with Crippen LogP contribution in [0.15, 0.2) is 48.0 Å². The van der Waals surface area contributed by atoms with Gasteiger partial charge in [-0.3, -0.25) is 9.59 Å². The van der Waals surface area contributed by atoms with Crippen molar-refractivity contribution in [3.63, 3.8) is 0 Å². The van der Waals surface area contributed by atoms with Gasteiger partial charge in [-0.25, -0.2) is 4.39 Å². The van der Waals surface area contributed by atoms with Gasteiger partial charge in [0.25, 0.3) is 11.7 Å². The normalized spacial score (nSPS) is 17.9. The smallest absolute Gasteiger partial charge is 0.295 e. The molecule has 6 nitrogen and oxygen atoms in total. The fourth-order valence-electron chi connectivity index (χ4n) is 4.00. The lowest BCUT2D eigenvalue weighted by Crippen LogP contribution is -2.32. The molecule has 1 saturated heterocycles. The van der Waals surface area contributed by atoms with Crippen LogP contribution in [0.5, 0.6) is 5.75 Å². The average molecular weight is 455 g/mol. The van der Waals surface area contributed by atoms with Crippen LogP contribution in [0.1, 0.15) is 43.0 Å². The van der Waals surface area contributed by atoms with Gasteiger partial charge in [-0.05, 0) is 89.3 Å². The number of ether oxygens (including phenoxy) is 1. The van der Waals surface area contributed by atoms with Crippen LogP contribution < -0.4 is 4.74 Å². The molecule has 0 spiro atoms. The van der Waals surface area contributed by atoms with Gasteiger partial charge in [0.05, 0.1) is 17.7 Å². The van der Waals surface area contributed by atoms with Gasteiger partial charge in [0, 0.05) is 12.1 Å². The molecule has 3 rings (SSSR count). The summed E-state index contributed by atoms with van der Waals surface area (Å²) in [6.45, 7) is 6.77. The van der Waals surface area contributed by atoms with Crippen LogP contribution in [0.25, 0.3) is 5.76 Å². The molecule has 0 aromatic heterocycles. The number of rotatable bonds is 8. The number of carbonyl (C=O) groups is 2. The Bertz CT molecular complexity index is 1060. The van der Waals surface area contributed by atoms with Crippen molar-refractivity contribution < 1.29 is 23.8 Å². The third kappa shape index (κ3) is 5.42. The highest BCUT2D eigenvalue weighted by atomic mass is 19.1. The zero-order valence-corrected chi connectivity index (χ0v) is 19.8. The summed E-state index contributed by atoms with van der Waals surface area (Å²) in [5.74, 6) is -1.40. The van der Waals surface area contributed by atoms with E-state index in [1.807, 2.05) is 39.8 Å². The van der Waals surface area contributed by atoms with E-state index in [2.05, 4.69) is 0 Å². The number of ketones is 1. The lowest BCUT2D eigenvalue weighted by atomic mass is 9.94. The zero-order chi connectivity index (χ0) is 24.3. The number of likely N-dealkylation sites (tertiary alicyclic amines) is 1. The second kappa shape index (κ2) is 10.2. The van der Waals surface area contributed by atoms with Gasteiger partial charge in [-0.2, -0.15) is 0 Å². The van der Waals surface area contributed by atoms with Crippen molar-refractivity contribution in [1.29, 1.82) is 0 Å². The number of amides is 1. The van der Waals surface area contributed by atoms with Crippen LogP contribution in [0, 0.1) is 12.7 Å². The van der Waals surface area contributed by atoms with Crippen molar-refractivity contribution in [2.24, 2.45) is 0 Å². The van der Waals surface area contributed by atoms with Crippen molar-refractivity contribution in [2.45, 2.75) is 39.3 Å². The Balaban J connectivity index is 2.07. The van der Waals surface area contributed by atoms with E-state index in [4.69, 9.17) is 4.74 Å². The summed E-state index contributed by atoms with van der Waals surface area (Å²) in [6.07, 6.45) is 0.645. The maximum absolute atomic E-state index is 13.6. The maximum Gasteiger partial charge on any atom is 0.295 e. The molecule has 1 aliphatic heterocycles. The number of halogens is 1. The van der Waals surface area contributed by atoms with Crippen molar-refractivity contribution in [2.75, 3.05) is 27.2 Å². The number of carbonyl (C=O) groups excluding carboxylic acids is 2. The Morgan fingerprint density at radius 1 is 1.15 bits per heavy atom. The van der Waals surface area contributed by atoms with Crippen LogP contribution in [0.2, 0.25) is 0 Å². The minimum absolute atomic E-state index is 0.00545. The number of hydrogen-bond donors (Lipinski definition) is 1. The van der Waals surface area contributed by atoms with Gasteiger partial charge in [-0.15, -0.1) is 0 Å². The molecule has 7 heteroatoms. The van der Waals surface area contributed by atoms with Crippen LogP contribution in [-0.4, -0.2) is 59.9 Å². The van der Waals surface area contributed by atoms with E-state index in [1.165, 1.54) is 17.0 Å². The molecule has 1 amide bonds. The number of nitrogens with zero attached hydrogens (tertiary/aromatic N) is 2. The predicted molar refractivity (Wildman–Crippen MR) is 126 cm³/mol. The molecule has 0 aliphatic carbocycles. The van der Waals surface area contributed by atoms with E-state index < -0.39 is 23.5 Å². The highest BCUT2D eigenvalue weighted by Crippen LogP contribution is 2.40. The topological polar surface area (TPSA) is 70.1 Å². The Morgan fingerprint density at radius 2 is 1.82 bits per heavy atom. The lowest BCUT2D eigenvalue weighted by molar-refractivity contribution is -0.139. The van der Waals surface area contributed by atoms with E-state index in [0.29, 0.717) is 29.8 Å². The van der Waals surface area contributed by atoms with Gasteiger partial charge in [0.15, 0.2) is 0 Å². The number of benzene rings is 2. The van der Waals surface area contributed by atoms with Crippen molar-refractivity contribution in [1.82, 2.24) is 9.80 Å². The van der Waals surface area contributed by atoms with E-state index in [9.17, 15) is 19.1 Å². The molecule has 0 saturated carbocycles. The van der Waals surface area contributed by atoms with Gasteiger partial charge < -0.3 is 19.6 Å². The molecule has 0 bridgehead atoms. The van der Waals surface area contributed by atoms with E-state index in [1.54, 1.807) is 30.3 Å². The van der Waals surface area contributed by atoms with Gasteiger partial charge in [-0.1, -0.05) is 12.1 Å². The van der Waals surface area contributed by atoms with E-state index in [-0.39, 0.29) is 17.4 Å². The third-order valence-corrected chi connectivity index (χ3v) is 5.54. The lowest BCUT2D eigenvalue weighted by Gasteiger charge is -2.26. The van der Waals surface area contributed by atoms with Crippen LogP contribution in [0.4, 0.5) is 4.39 Å². The summed E-state index contributed by atoms with van der Waals surface area (Å²) in [5.41, 5.74) is 1.79. The number of hydrogen-bond acceptors (Lipinski definition) is 5. The SMILES string of the molecule is Cc1cc(C(O)=C2C(=O)C(=O)N(CCCN(C)C)[C@@H]2c2ccc(F)cc2)ccc1OC(C)C. The Kier molecular flexibility index (Phi) is 7.53. The molecule has 1 fully saturated rings. The molecule has 176 valence electrons. The van der Waals surface area contributed by atoms with Gasteiger partial charge in [0.1, 0.15) is 17.3 Å². The Morgan fingerprint density at radius 3 is 2.39 bits per heavy atom. The summed E-state index contributed by atoms with van der Waals surface area (Å²) in [6, 6.07) is 10.0. The summed E-state index contributed by atoms with van der Waals surface area (Å²) in [4.78, 5) is 29.5. The van der Waals surface area contributed by atoms with Crippen LogP contribution in [-0.2, 0) is 9.59 Å². The first-order chi connectivity index (χ1) is 15.6. The highest BCUT2D eigenvalue weighted by Gasteiger charge is 2.45. The quantitative estimate of drug-likeness (QED) is 0.366. The third-order valence-electron chi connectivity index (χ3n) is 5.54. The fraction of sp³-hybridized carbons (Fsp3) is 0.385.